The zero-order valence-electron chi connectivity index (χ0n) is 14.7. The van der Waals surface area contributed by atoms with E-state index >= 15 is 0 Å². The van der Waals surface area contributed by atoms with Crippen molar-refractivity contribution in [1.82, 2.24) is 10.2 Å². The van der Waals surface area contributed by atoms with Gasteiger partial charge in [-0.05, 0) is 87.8 Å². The van der Waals surface area contributed by atoms with Gasteiger partial charge >= 0.3 is 0 Å². The largest absolute Gasteiger partial charge is 0.484 e. The number of nitrogens with zero attached hydrogens (tertiary/aromatic N) is 1. The average Bonchev–Trinajstić information content (AvgIpc) is 2.64. The summed E-state index contributed by atoms with van der Waals surface area (Å²) in [6.45, 7) is 4.38. The van der Waals surface area contributed by atoms with Crippen molar-refractivity contribution < 1.29 is 9.53 Å². The number of benzene rings is 1. The lowest BCUT2D eigenvalue weighted by atomic mass is 9.92. The molecule has 1 aliphatic heterocycles. The van der Waals surface area contributed by atoms with E-state index in [4.69, 9.17) is 4.74 Å². The summed E-state index contributed by atoms with van der Waals surface area (Å²) in [4.78, 5) is 14.4. The Morgan fingerprint density at radius 2 is 1.83 bits per heavy atom. The highest BCUT2D eigenvalue weighted by Gasteiger charge is 2.11. The average molecular weight is 330 g/mol. The van der Waals surface area contributed by atoms with E-state index in [1.165, 1.54) is 62.7 Å². The molecule has 2 aliphatic rings. The van der Waals surface area contributed by atoms with Crippen LogP contribution in [0.3, 0.4) is 0 Å². The zero-order chi connectivity index (χ0) is 16.6. The summed E-state index contributed by atoms with van der Waals surface area (Å²) >= 11 is 0. The predicted molar refractivity (Wildman–Crippen MR) is 96.5 cm³/mol. The lowest BCUT2D eigenvalue weighted by molar-refractivity contribution is -0.123. The molecular formula is C20H30N2O2. The van der Waals surface area contributed by atoms with Crippen molar-refractivity contribution in [3.8, 4) is 5.75 Å². The first-order valence-corrected chi connectivity index (χ1v) is 9.55. The van der Waals surface area contributed by atoms with Gasteiger partial charge in [0.1, 0.15) is 5.75 Å². The molecular weight excluding hydrogens is 300 g/mol. The van der Waals surface area contributed by atoms with E-state index in [1.54, 1.807) is 0 Å². The Kier molecular flexibility index (Phi) is 6.53. The number of hydrogen-bond acceptors (Lipinski definition) is 3. The van der Waals surface area contributed by atoms with Crippen molar-refractivity contribution in [2.24, 2.45) is 0 Å². The normalized spacial score (nSPS) is 18.0. The fourth-order valence-corrected chi connectivity index (χ4v) is 3.71. The van der Waals surface area contributed by atoms with Crippen LogP contribution in [-0.4, -0.2) is 43.6 Å². The fourth-order valence-electron chi connectivity index (χ4n) is 3.71. The highest BCUT2D eigenvalue weighted by atomic mass is 16.5. The van der Waals surface area contributed by atoms with Gasteiger partial charge in [0.15, 0.2) is 6.61 Å². The van der Waals surface area contributed by atoms with Crippen LogP contribution in [0.2, 0.25) is 0 Å². The van der Waals surface area contributed by atoms with Crippen molar-refractivity contribution in [1.29, 1.82) is 0 Å². The summed E-state index contributed by atoms with van der Waals surface area (Å²) in [5, 5.41) is 2.96. The molecule has 1 N–H and O–H groups in total. The van der Waals surface area contributed by atoms with E-state index in [9.17, 15) is 4.79 Å². The van der Waals surface area contributed by atoms with E-state index < -0.39 is 0 Å². The highest BCUT2D eigenvalue weighted by molar-refractivity contribution is 5.77. The van der Waals surface area contributed by atoms with E-state index in [1.807, 2.05) is 6.07 Å². The Morgan fingerprint density at radius 1 is 1.04 bits per heavy atom. The lowest BCUT2D eigenvalue weighted by Crippen LogP contribution is -2.34. The summed E-state index contributed by atoms with van der Waals surface area (Å²) in [6, 6.07) is 6.26. The first-order chi connectivity index (χ1) is 11.8. The Morgan fingerprint density at radius 3 is 2.67 bits per heavy atom. The maximum atomic E-state index is 11.9. The molecule has 132 valence electrons. The molecule has 0 atom stereocenters. The molecule has 1 amide bonds. The Balaban J connectivity index is 1.32. The molecule has 1 aliphatic carbocycles. The second-order valence-corrected chi connectivity index (χ2v) is 7.03. The number of aryl methyl sites for hydroxylation is 2. The number of fused-ring (bicyclic) bond motifs is 1. The number of amides is 1. The fraction of sp³-hybridized carbons (Fsp3) is 0.650. The number of carbonyl (C=O) groups excluding carboxylic acids is 1. The molecule has 1 saturated heterocycles. The summed E-state index contributed by atoms with van der Waals surface area (Å²) in [6.07, 6.45) is 9.88. The number of rotatable bonds is 7. The van der Waals surface area contributed by atoms with Gasteiger partial charge in [0.25, 0.3) is 5.91 Å². The van der Waals surface area contributed by atoms with E-state index in [0.29, 0.717) is 0 Å². The second-order valence-electron chi connectivity index (χ2n) is 7.03. The molecule has 0 aromatic heterocycles. The van der Waals surface area contributed by atoms with E-state index in [-0.39, 0.29) is 12.5 Å². The van der Waals surface area contributed by atoms with Gasteiger partial charge < -0.3 is 15.0 Å². The summed E-state index contributed by atoms with van der Waals surface area (Å²) in [5.74, 6) is 0.797. The number of nitrogens with one attached hydrogen (secondary N) is 1. The van der Waals surface area contributed by atoms with Crippen molar-refractivity contribution in [3.05, 3.63) is 29.3 Å². The minimum absolute atomic E-state index is 0.0219. The molecule has 4 nitrogen and oxygen atoms in total. The van der Waals surface area contributed by atoms with Gasteiger partial charge in [-0.1, -0.05) is 12.5 Å². The number of carbonyl (C=O) groups is 1. The number of piperidine rings is 1. The molecule has 1 fully saturated rings. The third-order valence-corrected chi connectivity index (χ3v) is 5.11. The van der Waals surface area contributed by atoms with E-state index in [2.05, 4.69) is 22.3 Å². The summed E-state index contributed by atoms with van der Waals surface area (Å²) < 4.78 is 5.66. The van der Waals surface area contributed by atoms with Gasteiger partial charge in [-0.2, -0.15) is 0 Å². The molecule has 0 spiro atoms. The molecule has 4 heteroatoms. The van der Waals surface area contributed by atoms with Gasteiger partial charge in [0.2, 0.25) is 0 Å². The molecule has 0 bridgehead atoms. The zero-order valence-corrected chi connectivity index (χ0v) is 14.7. The molecule has 0 radical (unpaired) electrons. The van der Waals surface area contributed by atoms with Gasteiger partial charge in [0, 0.05) is 6.54 Å². The van der Waals surface area contributed by atoms with Crippen molar-refractivity contribution in [2.75, 3.05) is 32.8 Å². The van der Waals surface area contributed by atoms with Crippen LogP contribution in [0.15, 0.2) is 18.2 Å². The van der Waals surface area contributed by atoms with Crippen LogP contribution < -0.4 is 10.1 Å². The van der Waals surface area contributed by atoms with Crippen LogP contribution in [0.5, 0.6) is 5.75 Å². The Hall–Kier alpha value is -1.55. The first kappa shape index (κ1) is 17.3. The molecule has 0 unspecified atom stereocenters. The minimum Gasteiger partial charge on any atom is -0.484 e. The van der Waals surface area contributed by atoms with Crippen LogP contribution in [0, 0.1) is 0 Å². The minimum atomic E-state index is -0.0219. The number of likely N-dealkylation sites (tertiary alicyclic amines) is 1. The maximum Gasteiger partial charge on any atom is 0.257 e. The lowest BCUT2D eigenvalue weighted by Gasteiger charge is -2.26. The predicted octanol–water partition coefficient (Wildman–Crippen LogP) is 2.94. The number of ether oxygens (including phenoxy) is 1. The molecule has 0 saturated carbocycles. The van der Waals surface area contributed by atoms with Gasteiger partial charge in [-0.25, -0.2) is 0 Å². The van der Waals surface area contributed by atoms with Crippen LogP contribution in [0.1, 0.15) is 49.7 Å². The van der Waals surface area contributed by atoms with Crippen molar-refractivity contribution in [2.45, 2.75) is 51.4 Å². The van der Waals surface area contributed by atoms with Crippen LogP contribution in [-0.2, 0) is 17.6 Å². The summed E-state index contributed by atoms with van der Waals surface area (Å²) in [7, 11) is 0. The van der Waals surface area contributed by atoms with Crippen molar-refractivity contribution >= 4 is 5.91 Å². The third-order valence-electron chi connectivity index (χ3n) is 5.11. The molecule has 1 heterocycles. The first-order valence-electron chi connectivity index (χ1n) is 9.55. The highest BCUT2D eigenvalue weighted by Crippen LogP contribution is 2.25. The molecule has 24 heavy (non-hydrogen) atoms. The number of hydrogen-bond donors (Lipinski definition) is 1. The van der Waals surface area contributed by atoms with Crippen LogP contribution in [0.4, 0.5) is 0 Å². The van der Waals surface area contributed by atoms with Gasteiger partial charge in [0.05, 0.1) is 0 Å². The Labute approximate surface area is 145 Å². The summed E-state index contributed by atoms with van der Waals surface area (Å²) in [5.41, 5.74) is 2.83. The van der Waals surface area contributed by atoms with Gasteiger partial charge in [-0.15, -0.1) is 0 Å². The Bertz CT molecular complexity index is 538. The van der Waals surface area contributed by atoms with Gasteiger partial charge in [-0.3, -0.25) is 4.79 Å². The van der Waals surface area contributed by atoms with E-state index in [0.717, 1.165) is 31.7 Å². The SMILES string of the molecule is O=C(COc1ccc2c(c1)CCCC2)NCCCN1CCCCC1. The van der Waals surface area contributed by atoms with Crippen LogP contribution in [0.25, 0.3) is 0 Å². The standard InChI is InChI=1S/C20H30N2O2/c23-20(21-11-6-14-22-12-4-1-5-13-22)16-24-19-10-9-17-7-2-3-8-18(17)15-19/h9-10,15H,1-8,11-14,16H2,(H,21,23). The van der Waals surface area contributed by atoms with Crippen molar-refractivity contribution in [3.63, 3.8) is 0 Å². The topological polar surface area (TPSA) is 41.6 Å². The van der Waals surface area contributed by atoms with Crippen LogP contribution >= 0.6 is 0 Å². The second kappa shape index (κ2) is 9.07. The molecule has 1 aromatic rings. The maximum absolute atomic E-state index is 11.9. The quantitative estimate of drug-likeness (QED) is 0.782. The monoisotopic (exact) mass is 330 g/mol. The third kappa shape index (κ3) is 5.23. The molecule has 1 aromatic carbocycles. The molecule has 3 rings (SSSR count). The smallest absolute Gasteiger partial charge is 0.257 e.